The molecule has 3 heterocycles. The van der Waals surface area contributed by atoms with E-state index in [0.717, 1.165) is 16.7 Å². The van der Waals surface area contributed by atoms with Gasteiger partial charge in [-0.25, -0.2) is 19.6 Å². The van der Waals surface area contributed by atoms with Crippen molar-refractivity contribution in [3.63, 3.8) is 0 Å². The lowest BCUT2D eigenvalue weighted by molar-refractivity contribution is -0.109. The van der Waals surface area contributed by atoms with Crippen LogP contribution in [0.5, 0.6) is 11.5 Å². The van der Waals surface area contributed by atoms with E-state index >= 15 is 0 Å². The molecule has 5 atom stereocenters. The molecule has 1 amide bonds. The van der Waals surface area contributed by atoms with Crippen LogP contribution in [0.4, 0.5) is 5.82 Å². The third-order valence-corrected chi connectivity index (χ3v) is 19.5. The van der Waals surface area contributed by atoms with Crippen LogP contribution in [-0.4, -0.2) is 96.2 Å². The molecule has 1 fully saturated rings. The van der Waals surface area contributed by atoms with Crippen molar-refractivity contribution in [3.05, 3.63) is 144 Å². The number of hydrogen-bond acceptors (Lipinski definition) is 13. The predicted octanol–water partition coefficient (Wildman–Crippen LogP) is 11.1. The van der Waals surface area contributed by atoms with Crippen LogP contribution in [0.25, 0.3) is 11.2 Å². The molecule has 0 radical (unpaired) electrons. The first-order valence-corrected chi connectivity index (χ1v) is 27.7. The summed E-state index contributed by atoms with van der Waals surface area (Å²) in [4.78, 5) is 27.5. The van der Waals surface area contributed by atoms with Gasteiger partial charge in [0.25, 0.3) is 14.4 Å². The third-order valence-electron chi connectivity index (χ3n) is 12.9. The number of anilines is 1. The van der Waals surface area contributed by atoms with Crippen LogP contribution in [-0.2, 0) is 28.5 Å². The summed E-state index contributed by atoms with van der Waals surface area (Å²) >= 11 is 0. The normalized spacial score (nSPS) is 18.1. The fourth-order valence-corrected chi connectivity index (χ4v) is 11.3. The number of carbonyl (C=O) groups is 1. The maximum atomic E-state index is 13.5. The highest BCUT2D eigenvalue weighted by Crippen LogP contribution is 2.51. The van der Waals surface area contributed by atoms with E-state index in [1.54, 1.807) is 44.8 Å². The van der Waals surface area contributed by atoms with Gasteiger partial charge >= 0.3 is 0 Å². The van der Waals surface area contributed by atoms with Crippen molar-refractivity contribution in [3.8, 4) is 17.6 Å². The Labute approximate surface area is 414 Å². The van der Waals surface area contributed by atoms with Crippen LogP contribution in [0, 0.1) is 11.3 Å². The van der Waals surface area contributed by atoms with Crippen molar-refractivity contribution >= 4 is 39.7 Å². The van der Waals surface area contributed by atoms with Crippen molar-refractivity contribution in [2.75, 3.05) is 32.8 Å². The van der Waals surface area contributed by atoms with E-state index in [0.29, 0.717) is 28.2 Å². The molecule has 15 nitrogen and oxygen atoms in total. The van der Waals surface area contributed by atoms with Crippen molar-refractivity contribution < 1.29 is 37.2 Å². The largest absolute Gasteiger partial charge is 0.497 e. The molecular weight excluding hydrogens is 922 g/mol. The van der Waals surface area contributed by atoms with Crippen molar-refractivity contribution in [2.24, 2.45) is 0 Å². The molecule has 1 unspecified atom stereocenters. The molecule has 0 bridgehead atoms. The zero-order valence-electron chi connectivity index (χ0n) is 42.0. The van der Waals surface area contributed by atoms with E-state index in [9.17, 15) is 10.1 Å². The number of benzene rings is 4. The molecule has 70 heavy (non-hydrogen) atoms. The van der Waals surface area contributed by atoms with Gasteiger partial charge in [-0.2, -0.15) is 5.26 Å². The van der Waals surface area contributed by atoms with Gasteiger partial charge < -0.3 is 37.7 Å². The number of fused-ring (bicyclic) bond motifs is 1. The van der Waals surface area contributed by atoms with Crippen molar-refractivity contribution in [2.45, 2.75) is 115 Å². The molecule has 1 N–H and O–H groups in total. The Balaban J connectivity index is 1.44. The lowest BCUT2D eigenvalue weighted by atomic mass is 9.79. The molecule has 2 aromatic heterocycles. The lowest BCUT2D eigenvalue weighted by Gasteiger charge is -2.44. The van der Waals surface area contributed by atoms with E-state index < -0.39 is 47.0 Å². The van der Waals surface area contributed by atoms with Gasteiger partial charge in [-0.3, -0.25) is 9.36 Å². The molecule has 4 aromatic carbocycles. The number of nitrogens with one attached hydrogen (secondary N) is 1. The summed E-state index contributed by atoms with van der Waals surface area (Å²) in [6, 6.07) is 37.2. The average Bonchev–Trinajstić information content (AvgIpc) is 3.93. The van der Waals surface area contributed by atoms with Crippen LogP contribution in [0.3, 0.4) is 0 Å². The number of carbonyl (C=O) groups excluding carboxylic acids is 1. The van der Waals surface area contributed by atoms with Crippen LogP contribution in [0.1, 0.15) is 88.2 Å². The van der Waals surface area contributed by atoms with Crippen LogP contribution < -0.4 is 14.8 Å². The molecule has 6 aromatic rings. The van der Waals surface area contributed by atoms with Crippen LogP contribution >= 0.6 is 8.53 Å². The Kier molecular flexibility index (Phi) is 16.9. The second kappa shape index (κ2) is 22.6. The monoisotopic (exact) mass is 987 g/mol. The minimum absolute atomic E-state index is 0.0167. The third kappa shape index (κ3) is 11.3. The van der Waals surface area contributed by atoms with Crippen molar-refractivity contribution in [1.82, 2.24) is 24.2 Å². The van der Waals surface area contributed by atoms with Gasteiger partial charge in [-0.15, -0.1) is 0 Å². The summed E-state index contributed by atoms with van der Waals surface area (Å²) in [6.07, 6.45) is -0.0957. The number of imidazole rings is 1. The second-order valence-corrected chi connectivity index (χ2v) is 25.4. The summed E-state index contributed by atoms with van der Waals surface area (Å²) in [7, 11) is -1.11. The van der Waals surface area contributed by atoms with Gasteiger partial charge in [-0.1, -0.05) is 93.6 Å². The summed E-state index contributed by atoms with van der Waals surface area (Å²) in [5.74, 6) is 1.28. The molecular formula is C53H66N7O8PSi. The van der Waals surface area contributed by atoms with Crippen LogP contribution in [0.2, 0.25) is 18.1 Å². The molecule has 0 spiro atoms. The molecule has 0 saturated carbocycles. The van der Waals surface area contributed by atoms with E-state index in [4.69, 9.17) is 42.4 Å². The summed E-state index contributed by atoms with van der Waals surface area (Å²) in [5, 5.41) is 12.2. The SMILES string of the molecule is COc1ccc(C(O[C@H]2[C@@H](O[Si](C)(C)C(C)(C)C)[C@H](n3cnc4c(NC(=O)c5ccccc5)ncnc43)O[C@@H]2COP(OCCC#N)N(C(C)C)C(C)C)(c2ccccc2)c2ccc(OC)cc2)cc1. The smallest absolute Gasteiger partial charge is 0.259 e. The average molecular weight is 988 g/mol. The Hall–Kier alpha value is -5.60. The predicted molar refractivity (Wildman–Crippen MR) is 274 cm³/mol. The highest BCUT2D eigenvalue weighted by atomic mass is 31.2. The van der Waals surface area contributed by atoms with Gasteiger partial charge in [0, 0.05) is 17.6 Å². The molecule has 7 rings (SSSR count). The number of ether oxygens (including phenoxy) is 4. The number of aromatic nitrogens is 4. The van der Waals surface area contributed by atoms with Gasteiger partial charge in [0.05, 0.1) is 46.3 Å². The highest BCUT2D eigenvalue weighted by Gasteiger charge is 2.56. The Bertz CT molecular complexity index is 2620. The van der Waals surface area contributed by atoms with Gasteiger partial charge in [-0.05, 0) is 98.9 Å². The molecule has 1 aliphatic heterocycles. The first-order chi connectivity index (χ1) is 33.5. The van der Waals surface area contributed by atoms with Crippen LogP contribution in [0.15, 0.2) is 122 Å². The zero-order valence-corrected chi connectivity index (χ0v) is 43.9. The minimum atomic E-state index is -2.70. The Morgan fingerprint density at radius 1 is 0.814 bits per heavy atom. The van der Waals surface area contributed by atoms with Crippen molar-refractivity contribution in [1.29, 1.82) is 5.26 Å². The first kappa shape index (κ1) is 52.2. The number of amides is 1. The maximum Gasteiger partial charge on any atom is 0.259 e. The van der Waals surface area contributed by atoms with Gasteiger partial charge in [0.2, 0.25) is 0 Å². The number of rotatable bonds is 21. The van der Waals surface area contributed by atoms with E-state index in [1.165, 1.54) is 6.33 Å². The zero-order chi connectivity index (χ0) is 50.2. The van der Waals surface area contributed by atoms with Gasteiger partial charge in [0.1, 0.15) is 41.7 Å². The highest BCUT2D eigenvalue weighted by molar-refractivity contribution is 7.44. The topological polar surface area (TPSA) is 164 Å². The molecule has 0 aliphatic carbocycles. The van der Waals surface area contributed by atoms with Gasteiger partial charge in [0.15, 0.2) is 31.5 Å². The number of methoxy groups -OCH3 is 2. The fourth-order valence-electron chi connectivity index (χ4n) is 8.43. The maximum absolute atomic E-state index is 13.5. The summed E-state index contributed by atoms with van der Waals surface area (Å²) in [5.41, 5.74) is 2.47. The molecule has 370 valence electrons. The van der Waals surface area contributed by atoms with E-state index in [2.05, 4.69) is 94.7 Å². The number of nitriles is 1. The molecule has 1 aliphatic rings. The van der Waals surface area contributed by atoms with E-state index in [1.807, 2.05) is 77.4 Å². The minimum Gasteiger partial charge on any atom is -0.497 e. The molecule has 1 saturated heterocycles. The summed E-state index contributed by atoms with van der Waals surface area (Å²) < 4.78 is 51.8. The Morgan fingerprint density at radius 2 is 1.39 bits per heavy atom. The fraction of sp³-hybridized carbons (Fsp3) is 0.415. The number of nitrogens with zero attached hydrogens (tertiary/aromatic N) is 6. The molecule has 17 heteroatoms. The summed E-state index contributed by atoms with van der Waals surface area (Å²) in [6.45, 7) is 19.6. The Morgan fingerprint density at radius 3 is 1.93 bits per heavy atom. The first-order valence-electron chi connectivity index (χ1n) is 23.6. The lowest BCUT2D eigenvalue weighted by Crippen LogP contribution is -2.52. The standard InChI is InChI=1S/C53H66N7O8PSi/c1-36(2)60(37(3)4)69(64-32-18-31-54)65-33-44-46(67-53(39-21-16-13-17-22-39,40-23-27-42(62-8)28-24-40)41-25-29-43(63-9)30-26-41)47(68-70(10,11)52(5,6)7)51(66-44)59-35-57-45-48(55-34-56-49(45)59)58-50(61)38-19-14-12-15-20-38/h12-17,19-30,34-37,44,46-47,51H,18,32-33H2,1-11H3,(H,55,56,58,61)/t44-,46-,47-,51-,69?/m1/s1. The number of hydrogen-bond donors (Lipinski definition) is 1. The quantitative estimate of drug-likeness (QED) is 0.0314. The second-order valence-electron chi connectivity index (χ2n) is 19.2. The van der Waals surface area contributed by atoms with E-state index in [-0.39, 0.29) is 48.5 Å².